The van der Waals surface area contributed by atoms with Crippen molar-refractivity contribution in [3.05, 3.63) is 35.9 Å². The Morgan fingerprint density at radius 1 is 0.914 bits per heavy atom. The van der Waals surface area contributed by atoms with Gasteiger partial charge in [-0.25, -0.2) is 4.79 Å². The van der Waals surface area contributed by atoms with Crippen LogP contribution in [-0.4, -0.2) is 82.6 Å². The molecular formula is C22H33N5O7S. The monoisotopic (exact) mass is 511 g/mol. The van der Waals surface area contributed by atoms with Gasteiger partial charge in [0, 0.05) is 12.8 Å². The van der Waals surface area contributed by atoms with Crippen molar-refractivity contribution in [2.45, 2.75) is 49.9 Å². The van der Waals surface area contributed by atoms with Crippen molar-refractivity contribution in [1.82, 2.24) is 16.0 Å². The van der Waals surface area contributed by atoms with Crippen LogP contribution in [0.2, 0.25) is 0 Å². The lowest BCUT2D eigenvalue weighted by Crippen LogP contribution is -2.58. The summed E-state index contributed by atoms with van der Waals surface area (Å²) in [6.07, 6.45) is 1.82. The lowest BCUT2D eigenvalue weighted by Gasteiger charge is -2.24. The van der Waals surface area contributed by atoms with E-state index < -0.39 is 60.4 Å². The molecule has 1 rings (SSSR count). The predicted octanol–water partition coefficient (Wildman–Crippen LogP) is -1.89. The SMILES string of the molecule is CSCCC(N)C(=O)NC(Cc1ccccc1)C(=O)NC(CO)C(=O)NC(CCC(N)=O)C(=O)O. The number of carboxylic acid groups (broad SMARTS) is 1. The second-order valence-electron chi connectivity index (χ2n) is 7.79. The van der Waals surface area contributed by atoms with E-state index in [1.807, 2.05) is 6.26 Å². The molecule has 194 valence electrons. The van der Waals surface area contributed by atoms with Crippen LogP contribution < -0.4 is 27.4 Å². The van der Waals surface area contributed by atoms with Crippen molar-refractivity contribution < 1.29 is 34.2 Å². The smallest absolute Gasteiger partial charge is 0.326 e. The number of carboxylic acids is 1. The molecule has 12 nitrogen and oxygen atoms in total. The van der Waals surface area contributed by atoms with Gasteiger partial charge in [0.2, 0.25) is 23.6 Å². The van der Waals surface area contributed by atoms with Gasteiger partial charge in [0.15, 0.2) is 0 Å². The Hall–Kier alpha value is -3.16. The van der Waals surface area contributed by atoms with Crippen LogP contribution in [0.1, 0.15) is 24.8 Å². The summed E-state index contributed by atoms with van der Waals surface area (Å²) in [6, 6.07) is 3.92. The normalized spacial score (nSPS) is 14.1. The Labute approximate surface area is 207 Å². The van der Waals surface area contributed by atoms with Crippen LogP contribution in [0, 0.1) is 0 Å². The average Bonchev–Trinajstić information content (AvgIpc) is 2.82. The van der Waals surface area contributed by atoms with Crippen LogP contribution in [0.25, 0.3) is 0 Å². The molecule has 0 aliphatic rings. The number of nitrogens with two attached hydrogens (primary N) is 2. The molecule has 9 N–H and O–H groups in total. The molecule has 0 aliphatic heterocycles. The highest BCUT2D eigenvalue weighted by Crippen LogP contribution is 2.06. The first-order valence-electron chi connectivity index (χ1n) is 10.9. The number of aliphatic carboxylic acids is 1. The maximum atomic E-state index is 13.0. The van der Waals surface area contributed by atoms with Gasteiger partial charge in [0.1, 0.15) is 18.1 Å². The molecule has 0 radical (unpaired) electrons. The topological polar surface area (TPSA) is 214 Å². The Bertz CT molecular complexity index is 871. The third-order valence-electron chi connectivity index (χ3n) is 4.99. The van der Waals surface area contributed by atoms with E-state index in [1.54, 1.807) is 30.3 Å². The highest BCUT2D eigenvalue weighted by atomic mass is 32.2. The molecular weight excluding hydrogens is 478 g/mol. The molecule has 0 aliphatic carbocycles. The maximum absolute atomic E-state index is 13.0. The van der Waals surface area contributed by atoms with Crippen LogP contribution in [0.3, 0.4) is 0 Å². The van der Waals surface area contributed by atoms with Crippen LogP contribution >= 0.6 is 11.8 Å². The molecule has 0 heterocycles. The second-order valence-corrected chi connectivity index (χ2v) is 8.77. The van der Waals surface area contributed by atoms with E-state index in [-0.39, 0.29) is 19.3 Å². The van der Waals surface area contributed by atoms with Gasteiger partial charge >= 0.3 is 5.97 Å². The lowest BCUT2D eigenvalue weighted by atomic mass is 10.0. The van der Waals surface area contributed by atoms with Crippen LogP contribution in [0.5, 0.6) is 0 Å². The number of rotatable bonds is 16. The fourth-order valence-electron chi connectivity index (χ4n) is 3.00. The van der Waals surface area contributed by atoms with E-state index in [1.165, 1.54) is 11.8 Å². The van der Waals surface area contributed by atoms with Crippen LogP contribution in [0.15, 0.2) is 30.3 Å². The summed E-state index contributed by atoms with van der Waals surface area (Å²) in [5.74, 6) is -3.78. The number of aliphatic hydroxyl groups excluding tert-OH is 1. The number of benzene rings is 1. The molecule has 1 aromatic carbocycles. The number of hydrogen-bond acceptors (Lipinski definition) is 8. The molecule has 0 saturated heterocycles. The van der Waals surface area contributed by atoms with E-state index in [0.717, 1.165) is 5.56 Å². The minimum Gasteiger partial charge on any atom is -0.480 e. The van der Waals surface area contributed by atoms with Crippen LogP contribution in [0.4, 0.5) is 0 Å². The number of aliphatic hydroxyl groups is 1. The summed E-state index contributed by atoms with van der Waals surface area (Å²) in [4.78, 5) is 60.4. The minimum absolute atomic E-state index is 0.0871. The predicted molar refractivity (Wildman–Crippen MR) is 130 cm³/mol. The zero-order chi connectivity index (χ0) is 26.4. The quantitative estimate of drug-likeness (QED) is 0.132. The first kappa shape index (κ1) is 29.9. The molecule has 0 fully saturated rings. The van der Waals surface area contributed by atoms with E-state index >= 15 is 0 Å². The molecule has 0 aromatic heterocycles. The highest BCUT2D eigenvalue weighted by molar-refractivity contribution is 7.98. The summed E-state index contributed by atoms with van der Waals surface area (Å²) in [5.41, 5.74) is 11.7. The number of amides is 4. The van der Waals surface area contributed by atoms with E-state index in [4.69, 9.17) is 11.5 Å². The summed E-state index contributed by atoms with van der Waals surface area (Å²) in [5, 5.41) is 26.0. The first-order valence-corrected chi connectivity index (χ1v) is 12.3. The second kappa shape index (κ2) is 15.7. The summed E-state index contributed by atoms with van der Waals surface area (Å²) < 4.78 is 0. The van der Waals surface area contributed by atoms with Crippen molar-refractivity contribution in [1.29, 1.82) is 0 Å². The Balaban J connectivity index is 2.94. The fraction of sp³-hybridized carbons (Fsp3) is 0.500. The van der Waals surface area contributed by atoms with Gasteiger partial charge in [-0.05, 0) is 30.4 Å². The van der Waals surface area contributed by atoms with Gasteiger partial charge in [-0.15, -0.1) is 0 Å². The molecule has 1 aromatic rings. The fourth-order valence-corrected chi connectivity index (χ4v) is 3.49. The summed E-state index contributed by atoms with van der Waals surface area (Å²) in [6.45, 7) is -0.834. The number of nitrogens with one attached hydrogen (secondary N) is 3. The number of carbonyl (C=O) groups is 5. The molecule has 4 atom stereocenters. The number of primary amides is 1. The number of thioether (sulfide) groups is 1. The molecule has 4 amide bonds. The molecule has 0 spiro atoms. The van der Waals surface area contributed by atoms with Gasteiger partial charge in [-0.2, -0.15) is 11.8 Å². The van der Waals surface area contributed by atoms with Gasteiger partial charge in [-0.1, -0.05) is 30.3 Å². The van der Waals surface area contributed by atoms with Gasteiger partial charge < -0.3 is 37.6 Å². The van der Waals surface area contributed by atoms with Gasteiger partial charge in [0.05, 0.1) is 12.6 Å². The molecule has 13 heteroatoms. The lowest BCUT2D eigenvalue weighted by molar-refractivity contribution is -0.143. The summed E-state index contributed by atoms with van der Waals surface area (Å²) in [7, 11) is 0. The molecule has 0 saturated carbocycles. The third kappa shape index (κ3) is 11.2. The van der Waals surface area contributed by atoms with Crippen molar-refractivity contribution in [2.24, 2.45) is 11.5 Å². The molecule has 0 bridgehead atoms. The van der Waals surface area contributed by atoms with Crippen LogP contribution in [-0.2, 0) is 30.4 Å². The summed E-state index contributed by atoms with van der Waals surface area (Å²) >= 11 is 1.52. The first-order chi connectivity index (χ1) is 16.6. The van der Waals surface area contributed by atoms with Crippen molar-refractivity contribution in [3.8, 4) is 0 Å². The Kier molecular flexibility index (Phi) is 13.4. The third-order valence-corrected chi connectivity index (χ3v) is 5.64. The highest BCUT2D eigenvalue weighted by Gasteiger charge is 2.30. The van der Waals surface area contributed by atoms with E-state index in [0.29, 0.717) is 12.2 Å². The zero-order valence-electron chi connectivity index (χ0n) is 19.4. The van der Waals surface area contributed by atoms with Gasteiger partial charge in [0.25, 0.3) is 0 Å². The number of carbonyl (C=O) groups excluding carboxylic acids is 4. The standard InChI is InChI=1S/C22H33N5O7S/c1-35-10-9-14(23)19(30)26-16(11-13-5-3-2-4-6-13)20(31)27-17(12-28)21(32)25-15(22(33)34)7-8-18(24)29/h2-6,14-17,28H,7-12,23H2,1H3,(H2,24,29)(H,25,32)(H,26,30)(H,27,31)(H,33,34). The Morgan fingerprint density at radius 3 is 2.03 bits per heavy atom. The van der Waals surface area contributed by atoms with Crippen molar-refractivity contribution >= 4 is 41.4 Å². The maximum Gasteiger partial charge on any atom is 0.326 e. The zero-order valence-corrected chi connectivity index (χ0v) is 20.3. The van der Waals surface area contributed by atoms with Gasteiger partial charge in [-0.3, -0.25) is 19.2 Å². The largest absolute Gasteiger partial charge is 0.480 e. The van der Waals surface area contributed by atoms with E-state index in [9.17, 15) is 34.2 Å². The van der Waals surface area contributed by atoms with Crippen molar-refractivity contribution in [2.75, 3.05) is 18.6 Å². The number of hydrogen-bond donors (Lipinski definition) is 7. The molecule has 4 unspecified atom stereocenters. The van der Waals surface area contributed by atoms with Crippen molar-refractivity contribution in [3.63, 3.8) is 0 Å². The van der Waals surface area contributed by atoms with E-state index in [2.05, 4.69) is 16.0 Å². The average molecular weight is 512 g/mol. The molecule has 35 heavy (non-hydrogen) atoms. The minimum atomic E-state index is -1.50. The Morgan fingerprint density at radius 2 is 1.49 bits per heavy atom.